The molecule has 1 N–H and O–H groups in total. The van der Waals surface area contributed by atoms with Crippen LogP contribution in [0.4, 0.5) is 0 Å². The quantitative estimate of drug-likeness (QED) is 0.903. The minimum atomic E-state index is -0.227. The zero-order valence-corrected chi connectivity index (χ0v) is 14.9. The highest BCUT2D eigenvalue weighted by molar-refractivity contribution is 5.92. The highest BCUT2D eigenvalue weighted by Crippen LogP contribution is 2.40. The lowest BCUT2D eigenvalue weighted by Gasteiger charge is -2.38. The normalized spacial score (nSPS) is 16.4. The van der Waals surface area contributed by atoms with Gasteiger partial charge >= 0.3 is 0 Å². The van der Waals surface area contributed by atoms with Crippen molar-refractivity contribution in [2.75, 3.05) is 26.9 Å². The van der Waals surface area contributed by atoms with Crippen molar-refractivity contribution in [2.24, 2.45) is 0 Å². The van der Waals surface area contributed by atoms with Crippen LogP contribution in [0.3, 0.4) is 0 Å². The maximum Gasteiger partial charge on any atom is 0.273 e. The molecule has 1 aromatic carbocycles. The van der Waals surface area contributed by atoms with E-state index in [1.165, 1.54) is 5.56 Å². The van der Waals surface area contributed by atoms with Gasteiger partial charge in [0.2, 0.25) is 0 Å². The molecule has 0 saturated carbocycles. The van der Waals surface area contributed by atoms with Crippen LogP contribution in [0.5, 0.6) is 5.75 Å². The van der Waals surface area contributed by atoms with Crippen LogP contribution in [0.15, 0.2) is 28.8 Å². The molecule has 0 radical (unpaired) electrons. The number of aryl methyl sites for hydroxylation is 2. The van der Waals surface area contributed by atoms with Crippen molar-refractivity contribution in [2.45, 2.75) is 32.1 Å². The van der Waals surface area contributed by atoms with Gasteiger partial charge in [-0.2, -0.15) is 0 Å². The molecule has 2 heterocycles. The summed E-state index contributed by atoms with van der Waals surface area (Å²) < 4.78 is 16.1. The van der Waals surface area contributed by atoms with Gasteiger partial charge in [-0.15, -0.1) is 0 Å². The van der Waals surface area contributed by atoms with Gasteiger partial charge in [0.15, 0.2) is 5.69 Å². The Morgan fingerprint density at radius 2 is 2.04 bits per heavy atom. The number of carbonyl (C=O) groups excluding carboxylic acids is 1. The monoisotopic (exact) mass is 344 g/mol. The Labute approximate surface area is 147 Å². The van der Waals surface area contributed by atoms with Gasteiger partial charge in [0.05, 0.1) is 7.11 Å². The number of amides is 1. The van der Waals surface area contributed by atoms with Gasteiger partial charge in [-0.1, -0.05) is 22.9 Å². The maximum absolute atomic E-state index is 12.4. The van der Waals surface area contributed by atoms with Crippen LogP contribution in [0, 0.1) is 13.8 Å². The van der Waals surface area contributed by atoms with Gasteiger partial charge in [-0.3, -0.25) is 4.79 Å². The van der Waals surface area contributed by atoms with Gasteiger partial charge in [-0.25, -0.2) is 0 Å². The van der Waals surface area contributed by atoms with Gasteiger partial charge in [0, 0.05) is 36.8 Å². The van der Waals surface area contributed by atoms with Crippen LogP contribution >= 0.6 is 0 Å². The second-order valence-corrected chi connectivity index (χ2v) is 6.60. The first kappa shape index (κ1) is 17.5. The van der Waals surface area contributed by atoms with E-state index in [0.717, 1.165) is 24.2 Å². The Balaban J connectivity index is 1.86. The van der Waals surface area contributed by atoms with Crippen molar-refractivity contribution in [3.8, 4) is 5.75 Å². The summed E-state index contributed by atoms with van der Waals surface area (Å²) in [6.07, 6.45) is 1.65. The minimum absolute atomic E-state index is 0.218. The fourth-order valence-electron chi connectivity index (χ4n) is 3.35. The summed E-state index contributed by atoms with van der Waals surface area (Å²) in [4.78, 5) is 12.4. The molecule has 1 aromatic heterocycles. The van der Waals surface area contributed by atoms with E-state index >= 15 is 0 Å². The second kappa shape index (κ2) is 7.27. The van der Waals surface area contributed by atoms with Crippen molar-refractivity contribution in [1.29, 1.82) is 0 Å². The molecule has 2 aromatic rings. The molecule has 1 aliphatic heterocycles. The molecule has 6 nitrogen and oxygen atoms in total. The van der Waals surface area contributed by atoms with Gasteiger partial charge in [-0.05, 0) is 32.8 Å². The highest BCUT2D eigenvalue weighted by atomic mass is 16.5. The molecule has 0 unspecified atom stereocenters. The number of nitrogens with one attached hydrogen (secondary N) is 1. The van der Waals surface area contributed by atoms with Crippen LogP contribution in [-0.2, 0) is 10.2 Å². The predicted octanol–water partition coefficient (Wildman–Crippen LogP) is 2.78. The number of nitrogens with zero attached hydrogens (tertiary/aromatic N) is 1. The molecule has 0 bridgehead atoms. The van der Waals surface area contributed by atoms with E-state index in [1.807, 2.05) is 12.1 Å². The Morgan fingerprint density at radius 1 is 1.28 bits per heavy atom. The van der Waals surface area contributed by atoms with Crippen LogP contribution in [0.25, 0.3) is 0 Å². The van der Waals surface area contributed by atoms with E-state index in [2.05, 4.69) is 23.5 Å². The SMILES string of the molecule is COc1ccc(C)cc1C1(CNC(=O)c2cc(C)on2)CCOCC1. The number of ether oxygens (including phenoxy) is 2. The fraction of sp³-hybridized carbons (Fsp3) is 0.474. The lowest BCUT2D eigenvalue weighted by molar-refractivity contribution is 0.0478. The molecule has 6 heteroatoms. The number of aromatic nitrogens is 1. The lowest BCUT2D eigenvalue weighted by Crippen LogP contribution is -2.45. The summed E-state index contributed by atoms with van der Waals surface area (Å²) in [6, 6.07) is 7.81. The Kier molecular flexibility index (Phi) is 5.08. The standard InChI is InChI=1S/C19H24N2O4/c1-13-4-5-17(23-3)15(10-13)19(6-8-24-9-7-19)12-20-18(22)16-11-14(2)25-21-16/h4-5,10-11H,6-9,12H2,1-3H3,(H,20,22). The largest absolute Gasteiger partial charge is 0.496 e. The number of hydrogen-bond acceptors (Lipinski definition) is 5. The first-order valence-corrected chi connectivity index (χ1v) is 8.48. The number of hydrogen-bond donors (Lipinski definition) is 1. The zero-order valence-electron chi connectivity index (χ0n) is 14.9. The van der Waals surface area contributed by atoms with E-state index in [1.54, 1.807) is 20.1 Å². The number of benzene rings is 1. The van der Waals surface area contributed by atoms with E-state index in [0.29, 0.717) is 31.2 Å². The van der Waals surface area contributed by atoms with Crippen molar-refractivity contribution in [3.63, 3.8) is 0 Å². The van der Waals surface area contributed by atoms with Crippen LogP contribution in [-0.4, -0.2) is 37.9 Å². The Morgan fingerprint density at radius 3 is 2.68 bits per heavy atom. The summed E-state index contributed by atoms with van der Waals surface area (Å²) in [7, 11) is 1.68. The average Bonchev–Trinajstić information content (AvgIpc) is 3.07. The van der Waals surface area contributed by atoms with Crippen molar-refractivity contribution >= 4 is 5.91 Å². The third-order valence-electron chi connectivity index (χ3n) is 4.82. The van der Waals surface area contributed by atoms with Gasteiger partial charge in [0.25, 0.3) is 5.91 Å². The number of methoxy groups -OCH3 is 1. The molecule has 0 atom stereocenters. The summed E-state index contributed by atoms with van der Waals surface area (Å²) in [6.45, 7) is 5.65. The summed E-state index contributed by atoms with van der Waals surface area (Å²) in [5, 5.41) is 6.81. The molecular formula is C19H24N2O4. The third kappa shape index (κ3) is 3.69. The first-order valence-electron chi connectivity index (χ1n) is 8.48. The number of carbonyl (C=O) groups is 1. The Bertz CT molecular complexity index is 748. The highest BCUT2D eigenvalue weighted by Gasteiger charge is 2.37. The van der Waals surface area contributed by atoms with E-state index in [9.17, 15) is 4.79 Å². The molecule has 1 fully saturated rings. The minimum Gasteiger partial charge on any atom is -0.496 e. The molecule has 3 rings (SSSR count). The van der Waals surface area contributed by atoms with Gasteiger partial charge < -0.3 is 19.3 Å². The predicted molar refractivity (Wildman–Crippen MR) is 93.0 cm³/mol. The number of rotatable bonds is 5. The van der Waals surface area contributed by atoms with Crippen LogP contribution < -0.4 is 10.1 Å². The van der Waals surface area contributed by atoms with E-state index in [-0.39, 0.29) is 11.3 Å². The average molecular weight is 344 g/mol. The van der Waals surface area contributed by atoms with Crippen molar-refractivity contribution in [1.82, 2.24) is 10.5 Å². The lowest BCUT2D eigenvalue weighted by atomic mass is 9.73. The third-order valence-corrected chi connectivity index (χ3v) is 4.82. The molecule has 1 amide bonds. The molecule has 0 aliphatic carbocycles. The van der Waals surface area contributed by atoms with Crippen LogP contribution in [0.2, 0.25) is 0 Å². The smallest absolute Gasteiger partial charge is 0.273 e. The maximum atomic E-state index is 12.4. The zero-order chi connectivity index (χ0) is 17.9. The molecular weight excluding hydrogens is 320 g/mol. The van der Waals surface area contributed by atoms with Crippen molar-refractivity contribution in [3.05, 3.63) is 46.8 Å². The van der Waals surface area contributed by atoms with Crippen LogP contribution in [0.1, 0.15) is 40.2 Å². The van der Waals surface area contributed by atoms with E-state index < -0.39 is 0 Å². The second-order valence-electron chi connectivity index (χ2n) is 6.60. The van der Waals surface area contributed by atoms with Gasteiger partial charge in [0.1, 0.15) is 11.5 Å². The Hall–Kier alpha value is -2.34. The summed E-state index contributed by atoms with van der Waals surface area (Å²) >= 11 is 0. The molecule has 1 aliphatic rings. The molecule has 1 saturated heterocycles. The fourth-order valence-corrected chi connectivity index (χ4v) is 3.35. The van der Waals surface area contributed by atoms with Crippen molar-refractivity contribution < 1.29 is 18.8 Å². The summed E-state index contributed by atoms with van der Waals surface area (Å²) in [5.41, 5.74) is 2.37. The molecule has 134 valence electrons. The molecule has 25 heavy (non-hydrogen) atoms. The first-order chi connectivity index (χ1) is 12.0. The molecule has 0 spiro atoms. The summed E-state index contributed by atoms with van der Waals surface area (Å²) in [5.74, 6) is 1.24. The van der Waals surface area contributed by atoms with E-state index in [4.69, 9.17) is 14.0 Å². The topological polar surface area (TPSA) is 73.6 Å².